The first kappa shape index (κ1) is 15.1. The smallest absolute Gasteiger partial charge is 0.178 e. The molecule has 0 unspecified atom stereocenters. The molecule has 0 amide bonds. The van der Waals surface area contributed by atoms with Gasteiger partial charge in [0.25, 0.3) is 0 Å². The summed E-state index contributed by atoms with van der Waals surface area (Å²) in [6.07, 6.45) is 0.426. The van der Waals surface area contributed by atoms with Crippen molar-refractivity contribution in [3.8, 4) is 0 Å². The van der Waals surface area contributed by atoms with Crippen molar-refractivity contribution in [2.75, 3.05) is 5.75 Å². The molecule has 0 bridgehead atoms. The molecule has 0 aliphatic carbocycles. The van der Waals surface area contributed by atoms with Gasteiger partial charge in [-0.2, -0.15) is 0 Å². The van der Waals surface area contributed by atoms with Gasteiger partial charge in [0.2, 0.25) is 0 Å². The topological polar surface area (TPSA) is 34.1 Å². The lowest BCUT2D eigenvalue weighted by Crippen LogP contribution is -2.10. The fourth-order valence-corrected chi connectivity index (χ4v) is 3.56. The summed E-state index contributed by atoms with van der Waals surface area (Å²) in [4.78, 5) is 0.382. The minimum Gasteiger partial charge on any atom is -0.224 e. The molecule has 106 valence electrons. The van der Waals surface area contributed by atoms with Crippen LogP contribution in [0.5, 0.6) is 0 Å². The first-order chi connectivity index (χ1) is 9.40. The molecule has 20 heavy (non-hydrogen) atoms. The monoisotopic (exact) mass is 308 g/mol. The molecule has 2 rings (SSSR count). The zero-order chi connectivity index (χ0) is 14.8. The molecule has 0 saturated carbocycles. The summed E-state index contributed by atoms with van der Waals surface area (Å²) >= 11 is 6.05. The van der Waals surface area contributed by atoms with E-state index in [0.29, 0.717) is 16.3 Å². The lowest BCUT2D eigenvalue weighted by molar-refractivity contribution is 0.595. The molecule has 0 N–H and O–H groups in total. The number of sulfone groups is 1. The highest BCUT2D eigenvalue weighted by atomic mass is 35.5. The lowest BCUT2D eigenvalue weighted by atomic mass is 10.1. The van der Waals surface area contributed by atoms with Crippen LogP contribution in [0.1, 0.15) is 16.7 Å². The Hall–Kier alpha value is -1.32. The Kier molecular flexibility index (Phi) is 4.51. The first-order valence-corrected chi connectivity index (χ1v) is 8.46. The van der Waals surface area contributed by atoms with Crippen LogP contribution in [0.3, 0.4) is 0 Å². The molecular weight excluding hydrogens is 292 g/mol. The van der Waals surface area contributed by atoms with Gasteiger partial charge in [-0.1, -0.05) is 35.9 Å². The van der Waals surface area contributed by atoms with Gasteiger partial charge in [-0.3, -0.25) is 0 Å². The molecule has 2 aromatic carbocycles. The molecule has 0 radical (unpaired) electrons. The van der Waals surface area contributed by atoms with Crippen LogP contribution in [0, 0.1) is 13.8 Å². The van der Waals surface area contributed by atoms with E-state index in [2.05, 4.69) is 0 Å². The predicted octanol–water partition coefficient (Wildman–Crippen LogP) is 3.97. The van der Waals surface area contributed by atoms with Crippen LogP contribution < -0.4 is 0 Å². The van der Waals surface area contributed by atoms with E-state index in [0.717, 1.165) is 16.7 Å². The maximum absolute atomic E-state index is 12.3. The third-order valence-electron chi connectivity index (χ3n) is 3.44. The van der Waals surface area contributed by atoms with Crippen molar-refractivity contribution in [2.45, 2.75) is 25.2 Å². The predicted molar refractivity (Wildman–Crippen MR) is 83.1 cm³/mol. The summed E-state index contributed by atoms with van der Waals surface area (Å²) in [7, 11) is -3.27. The van der Waals surface area contributed by atoms with Crippen molar-refractivity contribution in [3.05, 3.63) is 64.2 Å². The van der Waals surface area contributed by atoms with E-state index < -0.39 is 9.84 Å². The summed E-state index contributed by atoms with van der Waals surface area (Å²) in [6, 6.07) is 12.6. The Morgan fingerprint density at radius 2 is 1.70 bits per heavy atom. The molecule has 0 spiro atoms. The molecular formula is C16H17ClO2S. The zero-order valence-electron chi connectivity index (χ0n) is 11.6. The van der Waals surface area contributed by atoms with E-state index in [1.54, 1.807) is 18.2 Å². The van der Waals surface area contributed by atoms with Crippen molar-refractivity contribution in [2.24, 2.45) is 0 Å². The van der Waals surface area contributed by atoms with Gasteiger partial charge in [-0.25, -0.2) is 8.42 Å². The maximum Gasteiger partial charge on any atom is 0.178 e. The van der Waals surface area contributed by atoms with E-state index in [9.17, 15) is 8.42 Å². The van der Waals surface area contributed by atoms with Crippen LogP contribution in [-0.2, 0) is 16.3 Å². The minimum atomic E-state index is -3.27. The number of rotatable bonds is 4. The Bertz CT molecular complexity index is 721. The van der Waals surface area contributed by atoms with Crippen LogP contribution in [-0.4, -0.2) is 14.2 Å². The zero-order valence-corrected chi connectivity index (χ0v) is 13.1. The summed E-state index contributed by atoms with van der Waals surface area (Å²) < 4.78 is 24.7. The highest BCUT2D eigenvalue weighted by Gasteiger charge is 2.15. The Morgan fingerprint density at radius 3 is 2.35 bits per heavy atom. The Morgan fingerprint density at radius 1 is 1.00 bits per heavy atom. The van der Waals surface area contributed by atoms with Gasteiger partial charge in [0.1, 0.15) is 0 Å². The summed E-state index contributed by atoms with van der Waals surface area (Å²) in [5.41, 5.74) is 2.94. The quantitative estimate of drug-likeness (QED) is 0.856. The number of hydrogen-bond acceptors (Lipinski definition) is 2. The lowest BCUT2D eigenvalue weighted by Gasteiger charge is -2.08. The molecule has 2 nitrogen and oxygen atoms in total. The van der Waals surface area contributed by atoms with E-state index in [1.165, 1.54) is 0 Å². The largest absolute Gasteiger partial charge is 0.224 e. The van der Waals surface area contributed by atoms with Crippen molar-refractivity contribution in [3.63, 3.8) is 0 Å². The van der Waals surface area contributed by atoms with Gasteiger partial charge in [-0.05, 0) is 55.2 Å². The Balaban J connectivity index is 2.19. The van der Waals surface area contributed by atoms with E-state index in [1.807, 2.05) is 38.1 Å². The van der Waals surface area contributed by atoms with Gasteiger partial charge in [-0.15, -0.1) is 0 Å². The van der Waals surface area contributed by atoms with Gasteiger partial charge < -0.3 is 0 Å². The average molecular weight is 309 g/mol. The van der Waals surface area contributed by atoms with E-state index >= 15 is 0 Å². The SMILES string of the molecule is Cc1ccc(S(=O)(=O)CCc2ccccc2Cl)cc1C. The molecule has 0 saturated heterocycles. The second-order valence-corrected chi connectivity index (χ2v) is 7.42. The van der Waals surface area contributed by atoms with E-state index in [4.69, 9.17) is 11.6 Å². The number of benzene rings is 2. The molecule has 0 aromatic heterocycles. The minimum absolute atomic E-state index is 0.0687. The van der Waals surface area contributed by atoms with Crippen molar-refractivity contribution in [1.29, 1.82) is 0 Å². The highest BCUT2D eigenvalue weighted by molar-refractivity contribution is 7.91. The molecule has 0 aliphatic heterocycles. The average Bonchev–Trinajstić information content (AvgIpc) is 2.41. The van der Waals surface area contributed by atoms with Crippen LogP contribution >= 0.6 is 11.6 Å². The van der Waals surface area contributed by atoms with Gasteiger partial charge in [0, 0.05) is 5.02 Å². The Labute approximate surface area is 125 Å². The second kappa shape index (κ2) is 5.98. The normalized spacial score (nSPS) is 11.6. The van der Waals surface area contributed by atoms with E-state index in [-0.39, 0.29) is 5.75 Å². The third-order valence-corrected chi connectivity index (χ3v) is 5.52. The molecule has 0 aliphatic rings. The number of hydrogen-bond donors (Lipinski definition) is 0. The fourth-order valence-electron chi connectivity index (χ4n) is 1.97. The van der Waals surface area contributed by atoms with Crippen molar-refractivity contribution >= 4 is 21.4 Å². The molecule has 0 atom stereocenters. The first-order valence-electron chi connectivity index (χ1n) is 6.43. The second-order valence-electron chi connectivity index (χ2n) is 4.91. The van der Waals surface area contributed by atoms with Gasteiger partial charge in [0.15, 0.2) is 9.84 Å². The van der Waals surface area contributed by atoms with Gasteiger partial charge >= 0.3 is 0 Å². The summed E-state index contributed by atoms with van der Waals surface area (Å²) in [6.45, 7) is 3.89. The highest BCUT2D eigenvalue weighted by Crippen LogP contribution is 2.20. The van der Waals surface area contributed by atoms with Crippen LogP contribution in [0.4, 0.5) is 0 Å². The molecule has 0 fully saturated rings. The van der Waals surface area contributed by atoms with Crippen molar-refractivity contribution < 1.29 is 8.42 Å². The summed E-state index contributed by atoms with van der Waals surface area (Å²) in [5, 5.41) is 0.614. The maximum atomic E-state index is 12.3. The molecule has 2 aromatic rings. The van der Waals surface area contributed by atoms with Crippen LogP contribution in [0.15, 0.2) is 47.4 Å². The fraction of sp³-hybridized carbons (Fsp3) is 0.250. The van der Waals surface area contributed by atoms with Crippen LogP contribution in [0.25, 0.3) is 0 Å². The third kappa shape index (κ3) is 3.41. The summed E-state index contributed by atoms with van der Waals surface area (Å²) in [5.74, 6) is 0.0687. The number of halogens is 1. The van der Waals surface area contributed by atoms with Gasteiger partial charge in [0.05, 0.1) is 10.6 Å². The van der Waals surface area contributed by atoms with Crippen LogP contribution in [0.2, 0.25) is 5.02 Å². The number of aryl methyl sites for hydroxylation is 3. The molecule has 4 heteroatoms. The van der Waals surface area contributed by atoms with Crippen molar-refractivity contribution in [1.82, 2.24) is 0 Å². The molecule has 0 heterocycles. The standard InChI is InChI=1S/C16H17ClO2S/c1-12-7-8-15(11-13(12)2)20(18,19)10-9-14-5-3-4-6-16(14)17/h3-8,11H,9-10H2,1-2H3.